The molecule has 0 saturated heterocycles. The number of pyridine rings is 1. The molecule has 0 aliphatic rings. The fourth-order valence-electron chi connectivity index (χ4n) is 1.82. The number of aromatic nitrogens is 3. The van der Waals surface area contributed by atoms with E-state index in [0.29, 0.717) is 30.6 Å². The maximum absolute atomic E-state index is 11.7. The van der Waals surface area contributed by atoms with Gasteiger partial charge in [0.1, 0.15) is 11.6 Å². The van der Waals surface area contributed by atoms with E-state index in [9.17, 15) is 4.79 Å². The van der Waals surface area contributed by atoms with Crippen LogP contribution in [-0.4, -0.2) is 39.8 Å². The highest BCUT2D eigenvalue weighted by Gasteiger charge is 2.07. The average Bonchev–Trinajstić information content (AvgIpc) is 2.98. The molecule has 118 valence electrons. The van der Waals surface area contributed by atoms with E-state index in [2.05, 4.69) is 20.6 Å². The fourth-order valence-corrected chi connectivity index (χ4v) is 2.00. The average molecular weight is 324 g/mol. The van der Waals surface area contributed by atoms with Crippen molar-refractivity contribution >= 4 is 17.6 Å². The first-order valence-corrected chi connectivity index (χ1v) is 7.26. The van der Waals surface area contributed by atoms with Gasteiger partial charge in [0.25, 0.3) is 0 Å². The van der Waals surface area contributed by atoms with Crippen LogP contribution in [-0.2, 0) is 6.54 Å². The number of hydrogen-bond acceptors (Lipinski definition) is 4. The second kappa shape index (κ2) is 8.23. The van der Waals surface area contributed by atoms with Crippen LogP contribution in [0.15, 0.2) is 37.1 Å². The maximum Gasteiger partial charge on any atom is 0.315 e. The van der Waals surface area contributed by atoms with Crippen LogP contribution in [0, 0.1) is 0 Å². The van der Waals surface area contributed by atoms with E-state index in [4.69, 9.17) is 16.3 Å². The van der Waals surface area contributed by atoms with Gasteiger partial charge in [0.2, 0.25) is 5.88 Å². The van der Waals surface area contributed by atoms with Gasteiger partial charge in [-0.05, 0) is 19.1 Å². The van der Waals surface area contributed by atoms with Crippen molar-refractivity contribution in [1.82, 2.24) is 25.2 Å². The summed E-state index contributed by atoms with van der Waals surface area (Å²) < 4.78 is 7.28. The number of nitrogens with one attached hydrogen (secondary N) is 2. The quantitative estimate of drug-likeness (QED) is 0.760. The number of imidazole rings is 1. The lowest BCUT2D eigenvalue weighted by molar-refractivity contribution is 0.231. The van der Waals surface area contributed by atoms with E-state index in [1.807, 2.05) is 17.7 Å². The number of nitrogens with zero attached hydrogens (tertiary/aromatic N) is 3. The predicted octanol–water partition coefficient (Wildman–Crippen LogP) is 1.70. The molecule has 2 aromatic heterocycles. The Bertz CT molecular complexity index is 591. The summed E-state index contributed by atoms with van der Waals surface area (Å²) in [5.74, 6) is 0.361. The van der Waals surface area contributed by atoms with E-state index in [1.165, 1.54) is 0 Å². The molecule has 0 radical (unpaired) electrons. The van der Waals surface area contributed by atoms with Gasteiger partial charge in [0, 0.05) is 31.2 Å². The normalized spacial score (nSPS) is 11.7. The van der Waals surface area contributed by atoms with Gasteiger partial charge in [-0.3, -0.25) is 0 Å². The van der Waals surface area contributed by atoms with E-state index < -0.39 is 0 Å². The molecule has 0 aliphatic heterocycles. The van der Waals surface area contributed by atoms with Crippen molar-refractivity contribution in [2.75, 3.05) is 13.2 Å². The molecule has 0 fully saturated rings. The Morgan fingerprint density at radius 3 is 3.09 bits per heavy atom. The summed E-state index contributed by atoms with van der Waals surface area (Å²) in [5, 5.41) is 5.99. The van der Waals surface area contributed by atoms with Crippen molar-refractivity contribution in [2.24, 2.45) is 0 Å². The lowest BCUT2D eigenvalue weighted by Gasteiger charge is -2.15. The third-order valence-electron chi connectivity index (χ3n) is 2.77. The van der Waals surface area contributed by atoms with Crippen LogP contribution >= 0.6 is 11.6 Å². The summed E-state index contributed by atoms with van der Waals surface area (Å²) in [4.78, 5) is 19.7. The molecular formula is C14H18ClN5O2. The van der Waals surface area contributed by atoms with Gasteiger partial charge in [0.05, 0.1) is 12.9 Å². The Balaban J connectivity index is 1.62. The fraction of sp³-hybridized carbons (Fsp3) is 0.357. The SMILES string of the molecule is C[C@H](Cn1ccnc1)NC(=O)NCCOc1ncccc1Cl. The molecule has 2 amide bonds. The summed E-state index contributed by atoms with van der Waals surface area (Å²) in [7, 11) is 0. The third kappa shape index (κ3) is 5.25. The lowest BCUT2D eigenvalue weighted by Crippen LogP contribution is -2.43. The van der Waals surface area contributed by atoms with Crippen LogP contribution in [0.1, 0.15) is 6.92 Å². The molecule has 0 spiro atoms. The van der Waals surface area contributed by atoms with Crippen LogP contribution in [0.5, 0.6) is 5.88 Å². The molecule has 2 N–H and O–H groups in total. The van der Waals surface area contributed by atoms with E-state index in [1.54, 1.807) is 30.9 Å². The lowest BCUT2D eigenvalue weighted by atomic mass is 10.3. The molecule has 0 saturated carbocycles. The molecule has 22 heavy (non-hydrogen) atoms. The van der Waals surface area contributed by atoms with Crippen molar-refractivity contribution in [1.29, 1.82) is 0 Å². The van der Waals surface area contributed by atoms with E-state index in [0.717, 1.165) is 0 Å². The van der Waals surface area contributed by atoms with E-state index in [-0.39, 0.29) is 12.1 Å². The Hall–Kier alpha value is -2.28. The van der Waals surface area contributed by atoms with Gasteiger partial charge in [0.15, 0.2) is 0 Å². The summed E-state index contributed by atoms with van der Waals surface area (Å²) in [6.45, 7) is 3.23. The molecule has 0 aromatic carbocycles. The second-order valence-corrected chi connectivity index (χ2v) is 5.11. The number of carbonyl (C=O) groups excluding carboxylic acids is 1. The van der Waals surface area contributed by atoms with Crippen molar-refractivity contribution in [3.63, 3.8) is 0 Å². The molecule has 0 unspecified atom stereocenters. The summed E-state index contributed by atoms with van der Waals surface area (Å²) in [6.07, 6.45) is 6.85. The number of urea groups is 1. The van der Waals surface area contributed by atoms with Crippen molar-refractivity contribution in [2.45, 2.75) is 19.5 Å². The van der Waals surface area contributed by atoms with Crippen LogP contribution in [0.25, 0.3) is 0 Å². The van der Waals surface area contributed by atoms with Gasteiger partial charge in [-0.1, -0.05) is 11.6 Å². The Morgan fingerprint density at radius 2 is 2.36 bits per heavy atom. The first-order chi connectivity index (χ1) is 10.6. The molecule has 7 nitrogen and oxygen atoms in total. The third-order valence-corrected chi connectivity index (χ3v) is 3.06. The predicted molar refractivity (Wildman–Crippen MR) is 83.0 cm³/mol. The smallest absolute Gasteiger partial charge is 0.315 e. The molecule has 2 heterocycles. The van der Waals surface area contributed by atoms with Gasteiger partial charge in [-0.2, -0.15) is 0 Å². The molecule has 1 atom stereocenters. The number of amides is 2. The molecular weight excluding hydrogens is 306 g/mol. The minimum atomic E-state index is -0.247. The zero-order chi connectivity index (χ0) is 15.8. The van der Waals surface area contributed by atoms with Crippen LogP contribution in [0.4, 0.5) is 4.79 Å². The topological polar surface area (TPSA) is 81.1 Å². The van der Waals surface area contributed by atoms with Crippen molar-refractivity contribution in [3.05, 3.63) is 42.1 Å². The van der Waals surface area contributed by atoms with Gasteiger partial charge < -0.3 is 19.9 Å². The second-order valence-electron chi connectivity index (χ2n) is 4.70. The molecule has 2 rings (SSSR count). The number of carbonyl (C=O) groups is 1. The minimum Gasteiger partial charge on any atom is -0.475 e. The molecule has 8 heteroatoms. The van der Waals surface area contributed by atoms with Crippen LogP contribution < -0.4 is 15.4 Å². The highest BCUT2D eigenvalue weighted by atomic mass is 35.5. The first-order valence-electron chi connectivity index (χ1n) is 6.88. The zero-order valence-corrected chi connectivity index (χ0v) is 13.0. The molecule has 0 bridgehead atoms. The van der Waals surface area contributed by atoms with Crippen LogP contribution in [0.3, 0.4) is 0 Å². The number of rotatable bonds is 7. The van der Waals surface area contributed by atoms with E-state index >= 15 is 0 Å². The largest absolute Gasteiger partial charge is 0.475 e. The Morgan fingerprint density at radius 1 is 1.50 bits per heavy atom. The summed E-state index contributed by atoms with van der Waals surface area (Å²) in [6, 6.07) is 3.16. The maximum atomic E-state index is 11.7. The number of halogens is 1. The zero-order valence-electron chi connectivity index (χ0n) is 12.2. The highest BCUT2D eigenvalue weighted by Crippen LogP contribution is 2.19. The van der Waals surface area contributed by atoms with Gasteiger partial charge >= 0.3 is 6.03 Å². The van der Waals surface area contributed by atoms with Crippen LogP contribution in [0.2, 0.25) is 5.02 Å². The minimum absolute atomic E-state index is 0.0136. The molecule has 2 aromatic rings. The van der Waals surface area contributed by atoms with Gasteiger partial charge in [-0.15, -0.1) is 0 Å². The Labute approximate surface area is 133 Å². The highest BCUT2D eigenvalue weighted by molar-refractivity contribution is 6.31. The van der Waals surface area contributed by atoms with Crippen molar-refractivity contribution in [3.8, 4) is 5.88 Å². The van der Waals surface area contributed by atoms with Gasteiger partial charge in [-0.25, -0.2) is 14.8 Å². The Kier molecular flexibility index (Phi) is 6.02. The first kappa shape index (κ1) is 16.1. The molecule has 0 aliphatic carbocycles. The standard InChI is InChI=1S/C14H18ClN5O2/c1-11(9-20-7-5-16-10-20)19-14(21)18-6-8-22-13-12(15)3-2-4-17-13/h2-5,7,10-11H,6,8-9H2,1H3,(H2,18,19,21)/t11-/m1/s1. The number of hydrogen-bond donors (Lipinski definition) is 2. The monoisotopic (exact) mass is 323 g/mol. The number of ether oxygens (including phenoxy) is 1. The summed E-state index contributed by atoms with van der Waals surface area (Å²) in [5.41, 5.74) is 0. The summed E-state index contributed by atoms with van der Waals surface area (Å²) >= 11 is 5.91. The van der Waals surface area contributed by atoms with Crippen molar-refractivity contribution < 1.29 is 9.53 Å².